The zero-order chi connectivity index (χ0) is 12.9. The molecular formula is C16H24N2O. The molecule has 104 valence electrons. The lowest BCUT2D eigenvalue weighted by molar-refractivity contribution is 0.302. The fourth-order valence-electron chi connectivity index (χ4n) is 2.67. The zero-order valence-corrected chi connectivity index (χ0v) is 11.6. The lowest BCUT2D eigenvalue weighted by Gasteiger charge is -2.24. The second-order valence-corrected chi connectivity index (χ2v) is 5.64. The van der Waals surface area contributed by atoms with Crippen molar-refractivity contribution in [1.29, 1.82) is 0 Å². The Morgan fingerprint density at radius 1 is 1.16 bits per heavy atom. The van der Waals surface area contributed by atoms with Crippen LogP contribution in [-0.2, 0) is 0 Å². The molecule has 1 aliphatic carbocycles. The van der Waals surface area contributed by atoms with E-state index in [2.05, 4.69) is 34.5 Å². The van der Waals surface area contributed by atoms with Crippen LogP contribution in [0.15, 0.2) is 24.3 Å². The Hall–Kier alpha value is -1.22. The van der Waals surface area contributed by atoms with Crippen LogP contribution in [0.5, 0.6) is 5.75 Å². The van der Waals surface area contributed by atoms with Gasteiger partial charge in [0.1, 0.15) is 5.75 Å². The minimum atomic E-state index is 0.869. The number of rotatable bonds is 5. The first-order valence-electron chi connectivity index (χ1n) is 7.61. The molecule has 1 saturated heterocycles. The Morgan fingerprint density at radius 3 is 2.95 bits per heavy atom. The molecule has 0 spiro atoms. The number of hydrogen-bond acceptors (Lipinski definition) is 3. The molecule has 2 fully saturated rings. The molecule has 1 saturated carbocycles. The molecule has 0 atom stereocenters. The van der Waals surface area contributed by atoms with Crippen LogP contribution in [0.3, 0.4) is 0 Å². The fourth-order valence-corrected chi connectivity index (χ4v) is 2.67. The van der Waals surface area contributed by atoms with Crippen molar-refractivity contribution in [2.45, 2.75) is 25.7 Å². The Kier molecular flexibility index (Phi) is 4.23. The molecule has 1 aromatic carbocycles. The lowest BCUT2D eigenvalue weighted by Crippen LogP contribution is -2.28. The maximum Gasteiger partial charge on any atom is 0.142 e. The van der Waals surface area contributed by atoms with Crippen LogP contribution in [-0.4, -0.2) is 32.8 Å². The third-order valence-corrected chi connectivity index (χ3v) is 4.03. The first-order chi connectivity index (χ1) is 9.43. The molecule has 1 aliphatic heterocycles. The number of ether oxygens (including phenoxy) is 1. The third kappa shape index (κ3) is 3.63. The average Bonchev–Trinajstić information content (AvgIpc) is 3.26. The van der Waals surface area contributed by atoms with Crippen molar-refractivity contribution in [1.82, 2.24) is 5.32 Å². The van der Waals surface area contributed by atoms with Crippen molar-refractivity contribution in [3.63, 3.8) is 0 Å². The minimum Gasteiger partial charge on any atom is -0.491 e. The van der Waals surface area contributed by atoms with Gasteiger partial charge in [-0.2, -0.15) is 0 Å². The molecule has 0 bridgehead atoms. The van der Waals surface area contributed by atoms with Crippen molar-refractivity contribution < 1.29 is 4.74 Å². The van der Waals surface area contributed by atoms with E-state index in [1.54, 1.807) is 0 Å². The first-order valence-corrected chi connectivity index (χ1v) is 7.61. The van der Waals surface area contributed by atoms with E-state index in [9.17, 15) is 0 Å². The van der Waals surface area contributed by atoms with Crippen molar-refractivity contribution in [2.75, 3.05) is 37.7 Å². The fraction of sp³-hybridized carbons (Fsp3) is 0.625. The summed E-state index contributed by atoms with van der Waals surface area (Å²) in [5, 5.41) is 3.45. The highest BCUT2D eigenvalue weighted by molar-refractivity contribution is 5.58. The van der Waals surface area contributed by atoms with Gasteiger partial charge in [-0.25, -0.2) is 0 Å². The van der Waals surface area contributed by atoms with Crippen LogP contribution in [0.25, 0.3) is 0 Å². The van der Waals surface area contributed by atoms with Crippen LogP contribution in [0.2, 0.25) is 0 Å². The molecule has 0 unspecified atom stereocenters. The minimum absolute atomic E-state index is 0.869. The normalized spacial score (nSPS) is 20.1. The molecule has 3 heteroatoms. The van der Waals surface area contributed by atoms with Crippen LogP contribution < -0.4 is 15.0 Å². The first kappa shape index (κ1) is 12.8. The highest BCUT2D eigenvalue weighted by Crippen LogP contribution is 2.33. The molecule has 1 N–H and O–H groups in total. The summed E-state index contributed by atoms with van der Waals surface area (Å²) in [5.41, 5.74) is 1.27. The number of hydrogen-bond donors (Lipinski definition) is 1. The molecule has 0 radical (unpaired) electrons. The van der Waals surface area contributed by atoms with Gasteiger partial charge in [0.25, 0.3) is 0 Å². The standard InChI is InChI=1S/C16H24N2O/c1-2-5-16(19-13-8-14-6-7-14)15(4-1)18-11-3-9-17-10-12-18/h1-2,4-5,14,17H,3,6-13H2. The predicted octanol–water partition coefficient (Wildman–Crippen LogP) is 2.67. The number of benzene rings is 1. The van der Waals surface area contributed by atoms with E-state index in [0.717, 1.165) is 44.5 Å². The maximum absolute atomic E-state index is 6.02. The molecule has 1 aromatic rings. The molecular weight excluding hydrogens is 236 g/mol. The highest BCUT2D eigenvalue weighted by atomic mass is 16.5. The highest BCUT2D eigenvalue weighted by Gasteiger charge is 2.21. The maximum atomic E-state index is 6.02. The molecule has 3 rings (SSSR count). The summed E-state index contributed by atoms with van der Waals surface area (Å²) in [5.74, 6) is 2.00. The summed E-state index contributed by atoms with van der Waals surface area (Å²) in [6.07, 6.45) is 5.23. The van der Waals surface area contributed by atoms with Gasteiger partial charge in [-0.05, 0) is 37.4 Å². The van der Waals surface area contributed by atoms with E-state index in [-0.39, 0.29) is 0 Å². The lowest BCUT2D eigenvalue weighted by atomic mass is 10.2. The summed E-state index contributed by atoms with van der Waals surface area (Å²) in [7, 11) is 0. The smallest absolute Gasteiger partial charge is 0.142 e. The van der Waals surface area contributed by atoms with Gasteiger partial charge in [-0.1, -0.05) is 25.0 Å². The van der Waals surface area contributed by atoms with Gasteiger partial charge in [0.2, 0.25) is 0 Å². The molecule has 0 amide bonds. The van der Waals surface area contributed by atoms with Crippen molar-refractivity contribution in [3.8, 4) is 5.75 Å². The Morgan fingerprint density at radius 2 is 2.05 bits per heavy atom. The third-order valence-electron chi connectivity index (χ3n) is 4.03. The van der Waals surface area contributed by atoms with Crippen LogP contribution >= 0.6 is 0 Å². The largest absolute Gasteiger partial charge is 0.491 e. The van der Waals surface area contributed by atoms with Crippen LogP contribution in [0.4, 0.5) is 5.69 Å². The predicted molar refractivity (Wildman–Crippen MR) is 79.0 cm³/mol. The van der Waals surface area contributed by atoms with Crippen LogP contribution in [0.1, 0.15) is 25.7 Å². The van der Waals surface area contributed by atoms with Gasteiger partial charge in [0.05, 0.1) is 12.3 Å². The second kappa shape index (κ2) is 6.29. The van der Waals surface area contributed by atoms with Gasteiger partial charge in [0.15, 0.2) is 0 Å². The Bertz CT molecular complexity index is 395. The molecule has 0 aromatic heterocycles. The number of nitrogens with one attached hydrogen (secondary N) is 1. The topological polar surface area (TPSA) is 24.5 Å². The summed E-state index contributed by atoms with van der Waals surface area (Å²) in [6, 6.07) is 8.49. The summed E-state index contributed by atoms with van der Waals surface area (Å²) >= 11 is 0. The van der Waals surface area contributed by atoms with Gasteiger partial charge < -0.3 is 15.0 Å². The molecule has 2 aliphatic rings. The van der Waals surface area contributed by atoms with Crippen molar-refractivity contribution in [2.24, 2.45) is 5.92 Å². The summed E-state index contributed by atoms with van der Waals surface area (Å²) < 4.78 is 6.02. The summed E-state index contributed by atoms with van der Waals surface area (Å²) in [6.45, 7) is 5.25. The number of nitrogens with zero attached hydrogens (tertiary/aromatic N) is 1. The monoisotopic (exact) mass is 260 g/mol. The van der Waals surface area contributed by atoms with Crippen LogP contribution in [0, 0.1) is 5.92 Å². The van der Waals surface area contributed by atoms with Crippen molar-refractivity contribution >= 4 is 5.69 Å². The average molecular weight is 260 g/mol. The SMILES string of the molecule is c1ccc(N2CCCNCC2)c(OCCC2CC2)c1. The number of para-hydroxylation sites is 2. The quantitative estimate of drug-likeness (QED) is 0.881. The van der Waals surface area contributed by atoms with E-state index in [1.165, 1.54) is 31.4 Å². The van der Waals surface area contributed by atoms with E-state index in [4.69, 9.17) is 4.74 Å². The van der Waals surface area contributed by atoms with Crippen molar-refractivity contribution in [3.05, 3.63) is 24.3 Å². The molecule has 3 nitrogen and oxygen atoms in total. The van der Waals surface area contributed by atoms with Gasteiger partial charge >= 0.3 is 0 Å². The van der Waals surface area contributed by atoms with Gasteiger partial charge in [0, 0.05) is 19.6 Å². The zero-order valence-electron chi connectivity index (χ0n) is 11.6. The van der Waals surface area contributed by atoms with E-state index < -0.39 is 0 Å². The van der Waals surface area contributed by atoms with E-state index in [0.29, 0.717) is 0 Å². The second-order valence-electron chi connectivity index (χ2n) is 5.64. The number of anilines is 1. The summed E-state index contributed by atoms with van der Waals surface area (Å²) in [4.78, 5) is 2.45. The van der Waals surface area contributed by atoms with Gasteiger partial charge in [-0.3, -0.25) is 0 Å². The molecule has 19 heavy (non-hydrogen) atoms. The van der Waals surface area contributed by atoms with E-state index >= 15 is 0 Å². The Labute approximate surface area is 115 Å². The van der Waals surface area contributed by atoms with Gasteiger partial charge in [-0.15, -0.1) is 0 Å². The van der Waals surface area contributed by atoms with E-state index in [1.807, 2.05) is 0 Å². The Balaban J connectivity index is 1.64. The molecule has 1 heterocycles.